The van der Waals surface area contributed by atoms with Crippen molar-refractivity contribution in [1.82, 2.24) is 10.2 Å². The molecule has 0 heterocycles. The molecule has 28 heavy (non-hydrogen) atoms. The normalized spacial score (nSPS) is 11.7. The van der Waals surface area contributed by atoms with E-state index in [0.717, 1.165) is 5.56 Å². The summed E-state index contributed by atoms with van der Waals surface area (Å²) in [5, 5.41) is 2.73. The second kappa shape index (κ2) is 10.9. The Hall–Kier alpha value is -2.34. The van der Waals surface area contributed by atoms with Crippen LogP contribution >= 0.6 is 11.8 Å². The van der Waals surface area contributed by atoms with Gasteiger partial charge < -0.3 is 10.2 Å². The van der Waals surface area contributed by atoms with Gasteiger partial charge in [-0.25, -0.2) is 4.39 Å². The van der Waals surface area contributed by atoms with E-state index >= 15 is 0 Å². The summed E-state index contributed by atoms with van der Waals surface area (Å²) in [6.07, 6.45) is 0. The van der Waals surface area contributed by atoms with Gasteiger partial charge in [-0.1, -0.05) is 48.0 Å². The molecule has 0 saturated carbocycles. The van der Waals surface area contributed by atoms with E-state index in [1.54, 1.807) is 25.1 Å². The Morgan fingerprint density at radius 1 is 1.14 bits per heavy atom. The standard InChI is InChI=1S/C22H27FN2O2S/c1-4-24-22(27)17(3)25(13-19-7-5-6-8-20(19)23)21(26)15-28-14-18-11-9-16(2)10-12-18/h5-12,17H,4,13-15H2,1-3H3,(H,24,27)/t17-/m1/s1. The maximum Gasteiger partial charge on any atom is 0.242 e. The zero-order valence-electron chi connectivity index (χ0n) is 16.6. The van der Waals surface area contributed by atoms with Gasteiger partial charge in [0.2, 0.25) is 11.8 Å². The number of carbonyl (C=O) groups excluding carboxylic acids is 2. The molecule has 0 unspecified atom stereocenters. The third kappa shape index (κ3) is 6.37. The van der Waals surface area contributed by atoms with Gasteiger partial charge in [-0.05, 0) is 32.4 Å². The van der Waals surface area contributed by atoms with Gasteiger partial charge in [0.25, 0.3) is 0 Å². The molecule has 6 heteroatoms. The maximum atomic E-state index is 14.1. The molecule has 2 aromatic carbocycles. The van der Waals surface area contributed by atoms with Crippen molar-refractivity contribution in [3.8, 4) is 0 Å². The van der Waals surface area contributed by atoms with Gasteiger partial charge in [0.15, 0.2) is 0 Å². The molecule has 4 nitrogen and oxygen atoms in total. The minimum Gasteiger partial charge on any atom is -0.355 e. The van der Waals surface area contributed by atoms with Crippen molar-refractivity contribution in [2.75, 3.05) is 12.3 Å². The van der Waals surface area contributed by atoms with Gasteiger partial charge in [0.1, 0.15) is 11.9 Å². The summed E-state index contributed by atoms with van der Waals surface area (Å²) in [6.45, 7) is 6.07. The van der Waals surface area contributed by atoms with Crippen LogP contribution in [0.15, 0.2) is 48.5 Å². The van der Waals surface area contributed by atoms with Crippen molar-refractivity contribution in [3.05, 3.63) is 71.0 Å². The highest BCUT2D eigenvalue weighted by Crippen LogP contribution is 2.17. The van der Waals surface area contributed by atoms with Crippen molar-refractivity contribution in [3.63, 3.8) is 0 Å². The Morgan fingerprint density at radius 2 is 1.82 bits per heavy atom. The van der Waals surface area contributed by atoms with Gasteiger partial charge in [-0.3, -0.25) is 9.59 Å². The number of likely N-dealkylation sites (N-methyl/N-ethyl adjacent to an activating group) is 1. The first kappa shape index (κ1) is 22.0. The molecule has 0 spiro atoms. The summed E-state index contributed by atoms with van der Waals surface area (Å²) >= 11 is 1.49. The van der Waals surface area contributed by atoms with Crippen molar-refractivity contribution in [2.45, 2.75) is 39.1 Å². The largest absolute Gasteiger partial charge is 0.355 e. The second-order valence-corrected chi connectivity index (χ2v) is 7.65. The van der Waals surface area contributed by atoms with Crippen LogP contribution in [0.1, 0.15) is 30.5 Å². The summed E-state index contributed by atoms with van der Waals surface area (Å²) in [7, 11) is 0. The molecule has 1 atom stereocenters. The molecule has 2 aromatic rings. The Labute approximate surface area is 170 Å². The lowest BCUT2D eigenvalue weighted by atomic mass is 10.1. The molecule has 0 aromatic heterocycles. The Balaban J connectivity index is 2.06. The molecule has 0 saturated heterocycles. The van der Waals surface area contributed by atoms with Crippen molar-refractivity contribution >= 4 is 23.6 Å². The number of rotatable bonds is 9. The van der Waals surface area contributed by atoms with Gasteiger partial charge >= 0.3 is 0 Å². The van der Waals surface area contributed by atoms with E-state index < -0.39 is 6.04 Å². The van der Waals surface area contributed by atoms with Crippen LogP contribution in [-0.4, -0.2) is 35.1 Å². The van der Waals surface area contributed by atoms with Crippen LogP contribution in [0.3, 0.4) is 0 Å². The lowest BCUT2D eigenvalue weighted by molar-refractivity contribution is -0.138. The number of benzene rings is 2. The van der Waals surface area contributed by atoms with Crippen LogP contribution < -0.4 is 5.32 Å². The molecular weight excluding hydrogens is 375 g/mol. The lowest BCUT2D eigenvalue weighted by Gasteiger charge is -2.28. The molecule has 0 aliphatic rings. The fourth-order valence-corrected chi connectivity index (χ4v) is 3.61. The Kier molecular flexibility index (Phi) is 8.51. The molecule has 0 aliphatic carbocycles. The summed E-state index contributed by atoms with van der Waals surface area (Å²) in [5.41, 5.74) is 2.73. The lowest BCUT2D eigenvalue weighted by Crippen LogP contribution is -2.48. The van der Waals surface area contributed by atoms with E-state index in [4.69, 9.17) is 0 Å². The monoisotopic (exact) mass is 402 g/mol. The maximum absolute atomic E-state index is 14.1. The fraction of sp³-hybridized carbons (Fsp3) is 0.364. The average Bonchev–Trinajstić information content (AvgIpc) is 2.68. The molecule has 0 radical (unpaired) electrons. The zero-order valence-corrected chi connectivity index (χ0v) is 17.4. The van der Waals surface area contributed by atoms with E-state index in [2.05, 4.69) is 5.32 Å². The van der Waals surface area contributed by atoms with E-state index in [-0.39, 0.29) is 29.9 Å². The zero-order chi connectivity index (χ0) is 20.5. The molecule has 0 bridgehead atoms. The summed E-state index contributed by atoms with van der Waals surface area (Å²) in [4.78, 5) is 26.6. The Morgan fingerprint density at radius 3 is 2.46 bits per heavy atom. The molecule has 2 rings (SSSR count). The third-order valence-corrected chi connectivity index (χ3v) is 5.42. The highest BCUT2D eigenvalue weighted by Gasteiger charge is 2.26. The van der Waals surface area contributed by atoms with Gasteiger partial charge in [-0.2, -0.15) is 0 Å². The summed E-state index contributed by atoms with van der Waals surface area (Å²) < 4.78 is 14.1. The molecule has 2 amide bonds. The van der Waals surface area contributed by atoms with Crippen molar-refractivity contribution < 1.29 is 14.0 Å². The number of carbonyl (C=O) groups is 2. The fourth-order valence-electron chi connectivity index (χ4n) is 2.74. The second-order valence-electron chi connectivity index (χ2n) is 6.66. The number of thioether (sulfide) groups is 1. The molecule has 150 valence electrons. The highest BCUT2D eigenvalue weighted by atomic mass is 32.2. The summed E-state index contributed by atoms with van der Waals surface area (Å²) in [6, 6.07) is 13.8. The van der Waals surface area contributed by atoms with E-state index in [9.17, 15) is 14.0 Å². The smallest absolute Gasteiger partial charge is 0.242 e. The van der Waals surface area contributed by atoms with Crippen molar-refractivity contribution in [2.24, 2.45) is 0 Å². The molecule has 0 aliphatic heterocycles. The number of nitrogens with one attached hydrogen (secondary N) is 1. The van der Waals surface area contributed by atoms with Crippen molar-refractivity contribution in [1.29, 1.82) is 0 Å². The quantitative estimate of drug-likeness (QED) is 0.692. The van der Waals surface area contributed by atoms with Gasteiger partial charge in [0.05, 0.1) is 5.75 Å². The number of halogens is 1. The average molecular weight is 403 g/mol. The number of hydrogen-bond acceptors (Lipinski definition) is 3. The van der Waals surface area contributed by atoms with Crippen LogP contribution in [0.2, 0.25) is 0 Å². The number of aryl methyl sites for hydroxylation is 1. The minimum absolute atomic E-state index is 0.0644. The number of nitrogens with zero attached hydrogens (tertiary/aromatic N) is 1. The van der Waals surface area contributed by atoms with Gasteiger partial charge in [-0.15, -0.1) is 11.8 Å². The predicted molar refractivity (Wildman–Crippen MR) is 112 cm³/mol. The van der Waals surface area contributed by atoms with Crippen LogP contribution in [-0.2, 0) is 21.9 Å². The summed E-state index contributed by atoms with van der Waals surface area (Å²) in [5.74, 6) is 0.131. The minimum atomic E-state index is -0.674. The predicted octanol–water partition coefficient (Wildman–Crippen LogP) is 3.92. The molecular formula is C22H27FN2O2S. The first-order chi connectivity index (χ1) is 13.4. The number of amides is 2. The van der Waals surface area contributed by atoms with Crippen LogP contribution in [0.25, 0.3) is 0 Å². The highest BCUT2D eigenvalue weighted by molar-refractivity contribution is 7.99. The SMILES string of the molecule is CCNC(=O)[C@@H](C)N(Cc1ccccc1F)C(=O)CSCc1ccc(C)cc1. The van der Waals surface area contributed by atoms with E-state index in [1.165, 1.54) is 28.3 Å². The van der Waals surface area contributed by atoms with E-state index in [0.29, 0.717) is 17.9 Å². The third-order valence-electron chi connectivity index (χ3n) is 4.43. The van der Waals surface area contributed by atoms with Crippen LogP contribution in [0, 0.1) is 12.7 Å². The topological polar surface area (TPSA) is 49.4 Å². The first-order valence-corrected chi connectivity index (χ1v) is 10.5. The molecule has 1 N–H and O–H groups in total. The molecule has 0 fully saturated rings. The van der Waals surface area contributed by atoms with Crippen LogP contribution in [0.5, 0.6) is 0 Å². The van der Waals surface area contributed by atoms with Crippen LogP contribution in [0.4, 0.5) is 4.39 Å². The van der Waals surface area contributed by atoms with E-state index in [1.807, 2.05) is 38.1 Å². The number of hydrogen-bond donors (Lipinski definition) is 1. The Bertz CT molecular complexity index is 795. The first-order valence-electron chi connectivity index (χ1n) is 9.36. The van der Waals surface area contributed by atoms with Gasteiger partial charge in [0, 0.05) is 24.4 Å².